The van der Waals surface area contributed by atoms with Gasteiger partial charge < -0.3 is 16.2 Å². The van der Waals surface area contributed by atoms with Crippen molar-refractivity contribution in [2.75, 3.05) is 0 Å². The third-order valence-corrected chi connectivity index (χ3v) is 3.24. The number of rotatable bonds is 7. The predicted octanol–water partition coefficient (Wildman–Crippen LogP) is 0.975. The van der Waals surface area contributed by atoms with Crippen LogP contribution < -0.4 is 11.1 Å². The number of unbranched alkanes of at least 4 members (excludes halogenated alkanes) is 1. The van der Waals surface area contributed by atoms with Crippen LogP contribution in [0.2, 0.25) is 0 Å². The molecule has 1 aromatic rings. The van der Waals surface area contributed by atoms with E-state index in [1.807, 2.05) is 6.92 Å². The molecule has 1 aromatic heterocycles. The summed E-state index contributed by atoms with van der Waals surface area (Å²) in [5.41, 5.74) is 5.70. The number of amides is 1. The molecule has 0 aliphatic heterocycles. The van der Waals surface area contributed by atoms with Gasteiger partial charge in [0, 0.05) is 5.38 Å². The lowest BCUT2D eigenvalue weighted by Gasteiger charge is -2.10. The van der Waals surface area contributed by atoms with Crippen molar-refractivity contribution in [1.29, 1.82) is 0 Å². The van der Waals surface area contributed by atoms with Crippen molar-refractivity contribution in [2.24, 2.45) is 5.73 Å². The number of carbonyl (C=O) groups is 2. The number of nitrogens with two attached hydrogens (primary N) is 1. The lowest BCUT2D eigenvalue weighted by atomic mass is 10.1. The number of nitrogens with zero attached hydrogens (tertiary/aromatic N) is 1. The van der Waals surface area contributed by atoms with Gasteiger partial charge in [-0.25, -0.2) is 9.78 Å². The van der Waals surface area contributed by atoms with Gasteiger partial charge in [-0.05, 0) is 6.42 Å². The van der Waals surface area contributed by atoms with Crippen LogP contribution in [-0.4, -0.2) is 28.0 Å². The number of carbonyl (C=O) groups excluding carboxylic acids is 1. The molecule has 0 saturated carbocycles. The monoisotopic (exact) mass is 271 g/mol. The fraction of sp³-hybridized carbons (Fsp3) is 0.545. The first-order chi connectivity index (χ1) is 8.54. The van der Waals surface area contributed by atoms with Crippen molar-refractivity contribution in [3.05, 3.63) is 16.1 Å². The summed E-state index contributed by atoms with van der Waals surface area (Å²) in [5.74, 6) is -1.29. The molecule has 100 valence electrons. The molecule has 0 spiro atoms. The Morgan fingerprint density at radius 1 is 1.61 bits per heavy atom. The number of nitrogens with one attached hydrogen (secondary N) is 1. The lowest BCUT2D eigenvalue weighted by molar-refractivity contribution is -0.122. The van der Waals surface area contributed by atoms with E-state index < -0.39 is 12.0 Å². The molecular weight excluding hydrogens is 254 g/mol. The molecule has 1 rings (SSSR count). The smallest absolute Gasteiger partial charge is 0.355 e. The highest BCUT2D eigenvalue weighted by atomic mass is 32.1. The molecule has 0 aliphatic rings. The van der Waals surface area contributed by atoms with Gasteiger partial charge in [-0.2, -0.15) is 0 Å². The largest absolute Gasteiger partial charge is 0.476 e. The van der Waals surface area contributed by atoms with Gasteiger partial charge in [0.15, 0.2) is 5.69 Å². The fourth-order valence-electron chi connectivity index (χ4n) is 1.34. The highest BCUT2D eigenvalue weighted by Gasteiger charge is 2.14. The van der Waals surface area contributed by atoms with E-state index in [1.54, 1.807) is 0 Å². The number of aromatic nitrogens is 1. The molecule has 0 fully saturated rings. The maximum absolute atomic E-state index is 11.6. The Balaban J connectivity index is 2.39. The maximum Gasteiger partial charge on any atom is 0.355 e. The van der Waals surface area contributed by atoms with Crippen LogP contribution in [0.1, 0.15) is 41.7 Å². The van der Waals surface area contributed by atoms with Crippen LogP contribution in [0.15, 0.2) is 5.38 Å². The van der Waals surface area contributed by atoms with Crippen LogP contribution in [0.5, 0.6) is 0 Å². The summed E-state index contributed by atoms with van der Waals surface area (Å²) in [6, 6.07) is -0.510. The first-order valence-corrected chi connectivity index (χ1v) is 6.63. The molecule has 1 unspecified atom stereocenters. The van der Waals surface area contributed by atoms with E-state index in [1.165, 1.54) is 16.7 Å². The molecular formula is C11H17N3O3S. The molecule has 1 atom stereocenters. The predicted molar refractivity (Wildman–Crippen MR) is 68.4 cm³/mol. The Labute approximate surface area is 109 Å². The first-order valence-electron chi connectivity index (χ1n) is 5.75. The minimum absolute atomic E-state index is 0.000435. The van der Waals surface area contributed by atoms with Gasteiger partial charge in [-0.1, -0.05) is 19.8 Å². The van der Waals surface area contributed by atoms with Crippen LogP contribution >= 0.6 is 11.3 Å². The molecule has 0 bridgehead atoms. The lowest BCUT2D eigenvalue weighted by Crippen LogP contribution is -2.40. The first kappa shape index (κ1) is 14.6. The van der Waals surface area contributed by atoms with Crippen LogP contribution in [0.3, 0.4) is 0 Å². The second kappa shape index (κ2) is 7.07. The number of aromatic carboxylic acids is 1. The number of carboxylic acid groups (broad SMARTS) is 1. The average Bonchev–Trinajstić information content (AvgIpc) is 2.81. The van der Waals surface area contributed by atoms with E-state index in [9.17, 15) is 9.59 Å². The topological polar surface area (TPSA) is 105 Å². The molecule has 0 aromatic carbocycles. The third kappa shape index (κ3) is 4.42. The van der Waals surface area contributed by atoms with Gasteiger partial charge in [-0.3, -0.25) is 4.79 Å². The number of hydrogen-bond donors (Lipinski definition) is 3. The molecule has 6 nitrogen and oxygen atoms in total. The van der Waals surface area contributed by atoms with Gasteiger partial charge in [0.05, 0.1) is 12.6 Å². The van der Waals surface area contributed by atoms with Crippen molar-refractivity contribution in [3.63, 3.8) is 0 Å². The number of carboxylic acids is 1. The normalized spacial score (nSPS) is 12.1. The van der Waals surface area contributed by atoms with Gasteiger partial charge in [-0.15, -0.1) is 11.3 Å². The van der Waals surface area contributed by atoms with E-state index in [0.29, 0.717) is 11.4 Å². The number of thiazole rings is 1. The van der Waals surface area contributed by atoms with Gasteiger partial charge in [0.2, 0.25) is 5.91 Å². The van der Waals surface area contributed by atoms with Crippen molar-refractivity contribution < 1.29 is 14.7 Å². The zero-order valence-corrected chi connectivity index (χ0v) is 11.0. The zero-order valence-electron chi connectivity index (χ0n) is 10.2. The zero-order chi connectivity index (χ0) is 13.5. The van der Waals surface area contributed by atoms with Crippen LogP contribution in [0.25, 0.3) is 0 Å². The van der Waals surface area contributed by atoms with Gasteiger partial charge >= 0.3 is 5.97 Å². The van der Waals surface area contributed by atoms with Crippen molar-refractivity contribution in [1.82, 2.24) is 10.3 Å². The molecule has 1 amide bonds. The van der Waals surface area contributed by atoms with Gasteiger partial charge in [0.1, 0.15) is 5.01 Å². The second-order valence-electron chi connectivity index (χ2n) is 3.90. The molecule has 0 saturated heterocycles. The van der Waals surface area contributed by atoms with E-state index in [4.69, 9.17) is 10.8 Å². The second-order valence-corrected chi connectivity index (χ2v) is 4.84. The summed E-state index contributed by atoms with van der Waals surface area (Å²) in [5, 5.41) is 13.4. The fourth-order valence-corrected chi connectivity index (χ4v) is 2.05. The minimum Gasteiger partial charge on any atom is -0.476 e. The van der Waals surface area contributed by atoms with Crippen LogP contribution in [0.4, 0.5) is 0 Å². The standard InChI is InChI=1S/C11H17N3O3S/c1-2-3-4-7(12)10(15)13-5-9-14-8(6-18-9)11(16)17/h6-7H,2-5,12H2,1H3,(H,13,15)(H,16,17). The SMILES string of the molecule is CCCCC(N)C(=O)NCc1nc(C(=O)O)cs1. The third-order valence-electron chi connectivity index (χ3n) is 2.39. The van der Waals surface area contributed by atoms with Crippen LogP contribution in [-0.2, 0) is 11.3 Å². The highest BCUT2D eigenvalue weighted by molar-refractivity contribution is 7.09. The van der Waals surface area contributed by atoms with Gasteiger partial charge in [0.25, 0.3) is 0 Å². The molecule has 18 heavy (non-hydrogen) atoms. The summed E-state index contributed by atoms with van der Waals surface area (Å²) in [4.78, 5) is 26.1. The van der Waals surface area contributed by atoms with E-state index in [0.717, 1.165) is 12.8 Å². The molecule has 7 heteroatoms. The molecule has 1 heterocycles. The summed E-state index contributed by atoms with van der Waals surface area (Å²) >= 11 is 1.20. The Morgan fingerprint density at radius 3 is 2.89 bits per heavy atom. The minimum atomic E-state index is -1.07. The highest BCUT2D eigenvalue weighted by Crippen LogP contribution is 2.09. The Hall–Kier alpha value is -1.47. The summed E-state index contributed by atoms with van der Waals surface area (Å²) < 4.78 is 0. The molecule has 0 aliphatic carbocycles. The Bertz CT molecular complexity index is 419. The summed E-state index contributed by atoms with van der Waals surface area (Å²) in [7, 11) is 0. The summed E-state index contributed by atoms with van der Waals surface area (Å²) in [6.45, 7) is 2.25. The van der Waals surface area contributed by atoms with Crippen molar-refractivity contribution >= 4 is 23.2 Å². The Kier molecular flexibility index (Phi) is 5.73. The maximum atomic E-state index is 11.6. The van der Waals surface area contributed by atoms with E-state index >= 15 is 0 Å². The molecule has 0 radical (unpaired) electrons. The number of hydrogen-bond acceptors (Lipinski definition) is 5. The quantitative estimate of drug-likeness (QED) is 0.685. The Morgan fingerprint density at radius 2 is 2.33 bits per heavy atom. The van der Waals surface area contributed by atoms with Crippen molar-refractivity contribution in [2.45, 2.75) is 38.8 Å². The van der Waals surface area contributed by atoms with Crippen LogP contribution in [0, 0.1) is 0 Å². The average molecular weight is 271 g/mol. The van der Waals surface area contributed by atoms with E-state index in [2.05, 4.69) is 10.3 Å². The van der Waals surface area contributed by atoms with Crippen molar-refractivity contribution in [3.8, 4) is 0 Å². The van der Waals surface area contributed by atoms with E-state index in [-0.39, 0.29) is 18.1 Å². The summed E-state index contributed by atoms with van der Waals surface area (Å²) in [6.07, 6.45) is 2.56. The molecule has 4 N–H and O–H groups in total.